The highest BCUT2D eigenvalue weighted by Crippen LogP contribution is 2.37. The van der Waals surface area contributed by atoms with Crippen LogP contribution in [-0.2, 0) is 0 Å². The molecule has 1 saturated carbocycles. The standard InChI is InChI=1S/C13H19N5S/c1-8-4-3-7-14-10(8)12-17-18-11(9-5-2-6-9)15-16-13(18)19-12/h8-10,14H,2-7H2,1H3. The molecule has 0 amide bonds. The van der Waals surface area contributed by atoms with Crippen LogP contribution >= 0.6 is 11.3 Å². The summed E-state index contributed by atoms with van der Waals surface area (Å²) in [6.45, 7) is 3.41. The van der Waals surface area contributed by atoms with Gasteiger partial charge in [-0.05, 0) is 38.1 Å². The number of rotatable bonds is 2. The molecular weight excluding hydrogens is 258 g/mol. The average molecular weight is 277 g/mol. The molecule has 5 nitrogen and oxygen atoms in total. The highest BCUT2D eigenvalue weighted by molar-refractivity contribution is 7.16. The van der Waals surface area contributed by atoms with Crippen molar-refractivity contribution in [2.45, 2.75) is 51.0 Å². The Morgan fingerprint density at radius 3 is 2.84 bits per heavy atom. The third-order valence-corrected chi connectivity index (χ3v) is 5.52. The van der Waals surface area contributed by atoms with Gasteiger partial charge in [0.1, 0.15) is 5.01 Å². The zero-order valence-electron chi connectivity index (χ0n) is 11.2. The van der Waals surface area contributed by atoms with E-state index in [1.54, 1.807) is 11.3 Å². The second-order valence-corrected chi connectivity index (χ2v) is 6.86. The fourth-order valence-electron chi connectivity index (χ4n) is 3.07. The van der Waals surface area contributed by atoms with Crippen LogP contribution in [0.15, 0.2) is 0 Å². The second kappa shape index (κ2) is 4.52. The third-order valence-electron chi connectivity index (χ3n) is 4.54. The van der Waals surface area contributed by atoms with Crippen LogP contribution in [0.1, 0.15) is 61.8 Å². The lowest BCUT2D eigenvalue weighted by molar-refractivity contribution is 0.303. The van der Waals surface area contributed by atoms with E-state index in [0.717, 1.165) is 17.3 Å². The molecule has 1 N–H and O–H groups in total. The molecule has 2 aromatic rings. The Bertz CT molecular complexity index is 585. The van der Waals surface area contributed by atoms with E-state index in [2.05, 4.69) is 22.4 Å². The van der Waals surface area contributed by atoms with Gasteiger partial charge in [-0.15, -0.1) is 10.2 Å². The first-order valence-electron chi connectivity index (χ1n) is 7.28. The molecule has 0 spiro atoms. The van der Waals surface area contributed by atoms with E-state index in [0.29, 0.717) is 17.9 Å². The van der Waals surface area contributed by atoms with E-state index < -0.39 is 0 Å². The van der Waals surface area contributed by atoms with Gasteiger partial charge in [-0.2, -0.15) is 9.61 Å². The molecule has 2 unspecified atom stereocenters. The summed E-state index contributed by atoms with van der Waals surface area (Å²) in [4.78, 5) is 0.955. The van der Waals surface area contributed by atoms with Crippen LogP contribution in [0, 0.1) is 5.92 Å². The van der Waals surface area contributed by atoms with Crippen molar-refractivity contribution in [1.29, 1.82) is 0 Å². The van der Waals surface area contributed by atoms with Crippen molar-refractivity contribution in [3.05, 3.63) is 10.8 Å². The molecular formula is C13H19N5S. The van der Waals surface area contributed by atoms with Crippen LogP contribution in [-0.4, -0.2) is 26.4 Å². The molecule has 2 fully saturated rings. The zero-order chi connectivity index (χ0) is 12.8. The molecule has 102 valence electrons. The van der Waals surface area contributed by atoms with Gasteiger partial charge in [-0.25, -0.2) is 0 Å². The Labute approximate surface area is 116 Å². The Morgan fingerprint density at radius 1 is 1.21 bits per heavy atom. The number of hydrogen-bond donors (Lipinski definition) is 1. The summed E-state index contributed by atoms with van der Waals surface area (Å²) in [5.74, 6) is 2.32. The third kappa shape index (κ3) is 1.89. The lowest BCUT2D eigenvalue weighted by atomic mass is 9.85. The van der Waals surface area contributed by atoms with Crippen LogP contribution < -0.4 is 5.32 Å². The van der Waals surface area contributed by atoms with E-state index in [4.69, 9.17) is 5.10 Å². The van der Waals surface area contributed by atoms with Gasteiger partial charge in [0.05, 0.1) is 6.04 Å². The fraction of sp³-hybridized carbons (Fsp3) is 0.769. The molecule has 2 aromatic heterocycles. The summed E-state index contributed by atoms with van der Waals surface area (Å²) >= 11 is 1.70. The summed E-state index contributed by atoms with van der Waals surface area (Å²) in [5, 5.41) is 18.2. The molecule has 1 aliphatic heterocycles. The number of piperidine rings is 1. The smallest absolute Gasteiger partial charge is 0.234 e. The zero-order valence-corrected chi connectivity index (χ0v) is 12.0. The second-order valence-electron chi connectivity index (χ2n) is 5.87. The van der Waals surface area contributed by atoms with Gasteiger partial charge in [0.25, 0.3) is 0 Å². The van der Waals surface area contributed by atoms with Crippen LogP contribution in [0.2, 0.25) is 0 Å². The molecule has 0 aromatic carbocycles. The SMILES string of the molecule is CC1CCCNC1c1nn2c(C3CCC3)nnc2s1. The molecule has 2 atom stereocenters. The van der Waals surface area contributed by atoms with Gasteiger partial charge < -0.3 is 5.32 Å². The van der Waals surface area contributed by atoms with Gasteiger partial charge >= 0.3 is 0 Å². The van der Waals surface area contributed by atoms with Crippen molar-refractivity contribution in [3.8, 4) is 0 Å². The minimum absolute atomic E-state index is 0.398. The normalized spacial score (nSPS) is 28.7. The maximum absolute atomic E-state index is 4.80. The van der Waals surface area contributed by atoms with Gasteiger partial charge in [-0.3, -0.25) is 0 Å². The Kier molecular flexibility index (Phi) is 2.81. The first kappa shape index (κ1) is 11.8. The summed E-state index contributed by atoms with van der Waals surface area (Å²) in [7, 11) is 0. The highest BCUT2D eigenvalue weighted by atomic mass is 32.1. The highest BCUT2D eigenvalue weighted by Gasteiger charge is 2.29. The Hall–Kier alpha value is -1.01. The molecule has 6 heteroatoms. The van der Waals surface area contributed by atoms with Gasteiger partial charge in [0.15, 0.2) is 5.82 Å². The first-order chi connectivity index (χ1) is 9.33. The maximum Gasteiger partial charge on any atom is 0.234 e. The van der Waals surface area contributed by atoms with Crippen molar-refractivity contribution in [2.24, 2.45) is 5.92 Å². The first-order valence-corrected chi connectivity index (χ1v) is 8.10. The lowest BCUT2D eigenvalue weighted by Crippen LogP contribution is -2.32. The number of hydrogen-bond acceptors (Lipinski definition) is 5. The van der Waals surface area contributed by atoms with Crippen molar-refractivity contribution >= 4 is 16.3 Å². The fourth-order valence-corrected chi connectivity index (χ4v) is 4.13. The predicted molar refractivity (Wildman–Crippen MR) is 74.4 cm³/mol. The Balaban J connectivity index is 1.69. The molecule has 2 aliphatic rings. The quantitative estimate of drug-likeness (QED) is 0.916. The summed E-state index contributed by atoms with van der Waals surface area (Å²) < 4.78 is 1.99. The average Bonchev–Trinajstić information content (AvgIpc) is 2.90. The molecule has 3 heterocycles. The molecule has 1 aliphatic carbocycles. The number of aromatic nitrogens is 4. The van der Waals surface area contributed by atoms with Gasteiger partial charge in [0.2, 0.25) is 4.96 Å². The molecule has 0 bridgehead atoms. The van der Waals surface area contributed by atoms with Gasteiger partial charge in [-0.1, -0.05) is 24.7 Å². The van der Waals surface area contributed by atoms with Crippen molar-refractivity contribution in [2.75, 3.05) is 6.54 Å². The van der Waals surface area contributed by atoms with E-state index in [1.165, 1.54) is 37.1 Å². The largest absolute Gasteiger partial charge is 0.308 e. The van der Waals surface area contributed by atoms with Crippen molar-refractivity contribution in [1.82, 2.24) is 25.1 Å². The summed E-state index contributed by atoms with van der Waals surface area (Å²) in [5.41, 5.74) is 0. The van der Waals surface area contributed by atoms with E-state index >= 15 is 0 Å². The van der Waals surface area contributed by atoms with E-state index in [9.17, 15) is 0 Å². The van der Waals surface area contributed by atoms with E-state index in [-0.39, 0.29) is 0 Å². The predicted octanol–water partition coefficient (Wildman–Crippen LogP) is 2.51. The van der Waals surface area contributed by atoms with Crippen molar-refractivity contribution < 1.29 is 0 Å². The van der Waals surface area contributed by atoms with Crippen LogP contribution in [0.25, 0.3) is 4.96 Å². The molecule has 1 saturated heterocycles. The Morgan fingerprint density at radius 2 is 2.11 bits per heavy atom. The summed E-state index contributed by atoms with van der Waals surface area (Å²) in [6, 6.07) is 0.398. The minimum atomic E-state index is 0.398. The van der Waals surface area contributed by atoms with Crippen LogP contribution in [0.5, 0.6) is 0 Å². The number of fused-ring (bicyclic) bond motifs is 1. The number of nitrogens with one attached hydrogen (secondary N) is 1. The lowest BCUT2D eigenvalue weighted by Gasteiger charge is -2.28. The topological polar surface area (TPSA) is 55.1 Å². The van der Waals surface area contributed by atoms with Crippen LogP contribution in [0.4, 0.5) is 0 Å². The molecule has 4 rings (SSSR count). The van der Waals surface area contributed by atoms with Crippen molar-refractivity contribution in [3.63, 3.8) is 0 Å². The molecule has 0 radical (unpaired) electrons. The minimum Gasteiger partial charge on any atom is -0.308 e. The monoisotopic (exact) mass is 277 g/mol. The van der Waals surface area contributed by atoms with Crippen LogP contribution in [0.3, 0.4) is 0 Å². The van der Waals surface area contributed by atoms with E-state index in [1.807, 2.05) is 4.52 Å². The maximum atomic E-state index is 4.80. The number of nitrogens with zero attached hydrogens (tertiary/aromatic N) is 4. The van der Waals surface area contributed by atoms with Gasteiger partial charge in [0, 0.05) is 5.92 Å². The summed E-state index contributed by atoms with van der Waals surface area (Å²) in [6.07, 6.45) is 6.36. The molecule has 19 heavy (non-hydrogen) atoms.